The van der Waals surface area contributed by atoms with Gasteiger partial charge in [-0.1, -0.05) is 28.4 Å². The first kappa shape index (κ1) is 22.2. The summed E-state index contributed by atoms with van der Waals surface area (Å²) in [6.45, 7) is 0. The van der Waals surface area contributed by atoms with Crippen LogP contribution in [0.4, 0.5) is 10.2 Å². The van der Waals surface area contributed by atoms with Crippen molar-refractivity contribution in [2.45, 2.75) is 18.4 Å². The molecule has 12 heteroatoms. The van der Waals surface area contributed by atoms with Crippen LogP contribution in [0.25, 0.3) is 28.1 Å². The van der Waals surface area contributed by atoms with Crippen LogP contribution in [0, 0.1) is 11.9 Å². The van der Waals surface area contributed by atoms with E-state index in [0.717, 1.165) is 23.2 Å². The fourth-order valence-corrected chi connectivity index (χ4v) is 5.63. The molecule has 1 aliphatic carbocycles. The van der Waals surface area contributed by atoms with Gasteiger partial charge in [0.05, 0.1) is 35.4 Å². The van der Waals surface area contributed by atoms with Crippen LogP contribution in [-0.2, 0) is 0 Å². The Labute approximate surface area is 218 Å². The number of rotatable bonds is 4. The number of halogens is 3. The van der Waals surface area contributed by atoms with Crippen molar-refractivity contribution in [3.8, 4) is 28.1 Å². The summed E-state index contributed by atoms with van der Waals surface area (Å²) in [4.78, 5) is 24.9. The highest BCUT2D eigenvalue weighted by atomic mass is 35.5. The van der Waals surface area contributed by atoms with Crippen molar-refractivity contribution in [1.29, 1.82) is 0 Å². The van der Waals surface area contributed by atoms with Gasteiger partial charge >= 0.3 is 0 Å². The topological polar surface area (TPSA) is 120 Å². The number of anilines is 1. The van der Waals surface area contributed by atoms with Crippen molar-refractivity contribution in [3.05, 3.63) is 92.9 Å². The molecular formula is C25H17Cl2FN8O. The average Bonchev–Trinajstić information content (AvgIpc) is 3.15. The quantitative estimate of drug-likeness (QED) is 0.324. The number of pyridine rings is 2. The van der Waals surface area contributed by atoms with Gasteiger partial charge in [0.15, 0.2) is 5.15 Å². The molecule has 0 amide bonds. The lowest BCUT2D eigenvalue weighted by Gasteiger charge is -2.18. The number of imidazole rings is 1. The van der Waals surface area contributed by atoms with Gasteiger partial charge in [0.2, 0.25) is 5.95 Å². The van der Waals surface area contributed by atoms with E-state index in [1.54, 1.807) is 45.9 Å². The summed E-state index contributed by atoms with van der Waals surface area (Å²) in [7, 11) is 0. The van der Waals surface area contributed by atoms with Crippen LogP contribution < -0.4 is 11.3 Å². The average molecular weight is 535 g/mol. The van der Waals surface area contributed by atoms with E-state index in [4.69, 9.17) is 28.9 Å². The van der Waals surface area contributed by atoms with Crippen molar-refractivity contribution >= 4 is 29.0 Å². The van der Waals surface area contributed by atoms with Crippen molar-refractivity contribution < 1.29 is 4.39 Å². The molecule has 9 nitrogen and oxygen atoms in total. The number of nitrogens with one attached hydrogen (secondary N) is 1. The lowest BCUT2D eigenvalue weighted by Crippen LogP contribution is -2.26. The monoisotopic (exact) mass is 534 g/mol. The fraction of sp³-hybridized carbons (Fsp3) is 0.160. The molecule has 1 saturated carbocycles. The first-order valence-corrected chi connectivity index (χ1v) is 12.2. The third kappa shape index (κ3) is 3.55. The van der Waals surface area contributed by atoms with Crippen molar-refractivity contribution in [1.82, 2.24) is 34.5 Å². The van der Waals surface area contributed by atoms with Gasteiger partial charge in [-0.25, -0.2) is 14.6 Å². The third-order valence-electron chi connectivity index (χ3n) is 7.02. The van der Waals surface area contributed by atoms with E-state index in [-0.39, 0.29) is 40.0 Å². The Bertz CT molecular complexity index is 1780. The SMILES string of the molecule is Nc1ccc(-c2cnc([C@@H]3[C@H]4C[C@H]4c4cc(-c5cc(Cl)ccc5-n5cc(Cl)nn5)cc(=O)n43)[nH]2)c(F)n1. The highest BCUT2D eigenvalue weighted by Gasteiger charge is 2.54. The predicted octanol–water partition coefficient (Wildman–Crippen LogP) is 4.62. The Hall–Kier alpha value is -4.02. The van der Waals surface area contributed by atoms with Crippen molar-refractivity contribution in [2.75, 3.05) is 5.73 Å². The van der Waals surface area contributed by atoms with Gasteiger partial charge < -0.3 is 15.3 Å². The Morgan fingerprint density at radius 3 is 2.76 bits per heavy atom. The number of benzene rings is 1. The zero-order valence-electron chi connectivity index (χ0n) is 18.9. The third-order valence-corrected chi connectivity index (χ3v) is 7.43. The molecule has 37 heavy (non-hydrogen) atoms. The summed E-state index contributed by atoms with van der Waals surface area (Å²) >= 11 is 12.3. The van der Waals surface area contributed by atoms with Gasteiger partial charge in [-0.15, -0.1) is 5.10 Å². The van der Waals surface area contributed by atoms with Gasteiger partial charge in [0, 0.05) is 28.3 Å². The Balaban J connectivity index is 1.31. The van der Waals surface area contributed by atoms with Crippen LogP contribution in [0.15, 0.2) is 59.7 Å². The van der Waals surface area contributed by atoms with Crippen molar-refractivity contribution in [3.63, 3.8) is 0 Å². The second-order valence-electron chi connectivity index (χ2n) is 9.23. The first-order chi connectivity index (χ1) is 17.9. The normalized spacial score (nSPS) is 19.6. The molecule has 1 fully saturated rings. The summed E-state index contributed by atoms with van der Waals surface area (Å²) in [5, 5.41) is 8.71. The maximum Gasteiger partial charge on any atom is 0.252 e. The first-order valence-electron chi connectivity index (χ1n) is 11.5. The van der Waals surface area contributed by atoms with Crippen LogP contribution in [0.1, 0.15) is 29.9 Å². The van der Waals surface area contributed by atoms with E-state index in [9.17, 15) is 9.18 Å². The zero-order chi connectivity index (χ0) is 25.4. The van der Waals surface area contributed by atoms with Crippen LogP contribution in [0.2, 0.25) is 10.2 Å². The number of fused-ring (bicyclic) bond motifs is 3. The summed E-state index contributed by atoms with van der Waals surface area (Å²) in [5.41, 5.74) is 9.25. The minimum absolute atomic E-state index is 0.101. The summed E-state index contributed by atoms with van der Waals surface area (Å²) in [6, 6.07) is 11.8. The van der Waals surface area contributed by atoms with E-state index < -0.39 is 5.95 Å². The second-order valence-corrected chi connectivity index (χ2v) is 10.1. The predicted molar refractivity (Wildman–Crippen MR) is 136 cm³/mol. The van der Waals surface area contributed by atoms with E-state index in [0.29, 0.717) is 22.2 Å². The molecule has 5 aromatic rings. The molecule has 0 saturated heterocycles. The highest BCUT2D eigenvalue weighted by Crippen LogP contribution is 2.60. The number of aromatic nitrogens is 7. The molecular weight excluding hydrogens is 518 g/mol. The highest BCUT2D eigenvalue weighted by molar-refractivity contribution is 6.31. The molecule has 0 spiro atoms. The minimum Gasteiger partial charge on any atom is -0.384 e. The fourth-order valence-electron chi connectivity index (χ4n) is 5.33. The molecule has 5 heterocycles. The number of aromatic amines is 1. The standard InChI is InChI=1S/C25H17Cl2FN8O/c26-12-1-3-18(35-10-20(27)33-34-35)14(7-12)11-5-19-15-8-16(15)23(36(19)22(37)6-11)25-30-9-17(31-25)13-2-4-21(29)32-24(13)28/h1-7,9-10,15-16,23H,8H2,(H2,29,32)(H,30,31)/t15-,16+,23+/m1/s1. The molecule has 0 unspecified atom stereocenters. The molecule has 3 atom stereocenters. The lowest BCUT2D eigenvalue weighted by molar-refractivity contribution is 0.514. The lowest BCUT2D eigenvalue weighted by atomic mass is 10.0. The molecule has 2 aliphatic rings. The van der Waals surface area contributed by atoms with Gasteiger partial charge in [0.1, 0.15) is 11.6 Å². The summed E-state index contributed by atoms with van der Waals surface area (Å²) < 4.78 is 17.7. The van der Waals surface area contributed by atoms with Gasteiger partial charge in [0.25, 0.3) is 5.56 Å². The Morgan fingerprint density at radius 2 is 1.97 bits per heavy atom. The van der Waals surface area contributed by atoms with Crippen molar-refractivity contribution in [2.24, 2.45) is 5.92 Å². The number of nitrogen functional groups attached to an aromatic ring is 1. The van der Waals surface area contributed by atoms with E-state index in [2.05, 4.69) is 25.3 Å². The molecule has 184 valence electrons. The van der Waals surface area contributed by atoms with Gasteiger partial charge in [-0.3, -0.25) is 4.79 Å². The Morgan fingerprint density at radius 1 is 1.11 bits per heavy atom. The molecule has 3 N–H and O–H groups in total. The largest absolute Gasteiger partial charge is 0.384 e. The summed E-state index contributed by atoms with van der Waals surface area (Å²) in [6.07, 6.45) is 4.08. The second kappa shape index (κ2) is 7.99. The van der Waals surface area contributed by atoms with Crippen LogP contribution >= 0.6 is 23.2 Å². The van der Waals surface area contributed by atoms with E-state index in [1.807, 2.05) is 12.1 Å². The molecule has 0 radical (unpaired) electrons. The van der Waals surface area contributed by atoms with E-state index >= 15 is 0 Å². The molecule has 7 rings (SSSR count). The van der Waals surface area contributed by atoms with Crippen LogP contribution in [0.5, 0.6) is 0 Å². The Kier molecular flexibility index (Phi) is 4.79. The minimum atomic E-state index is -0.681. The maximum atomic E-state index is 14.4. The number of hydrogen-bond acceptors (Lipinski definition) is 6. The molecule has 1 aliphatic heterocycles. The molecule has 4 aromatic heterocycles. The van der Waals surface area contributed by atoms with Gasteiger partial charge in [-0.2, -0.15) is 4.39 Å². The van der Waals surface area contributed by atoms with Gasteiger partial charge in [-0.05, 0) is 54.3 Å². The number of nitrogens with two attached hydrogens (primary N) is 1. The van der Waals surface area contributed by atoms with Crippen LogP contribution in [0.3, 0.4) is 0 Å². The number of nitrogens with zero attached hydrogens (tertiary/aromatic N) is 6. The molecule has 0 bridgehead atoms. The zero-order valence-corrected chi connectivity index (χ0v) is 20.4. The van der Waals surface area contributed by atoms with E-state index in [1.165, 1.54) is 6.07 Å². The van der Waals surface area contributed by atoms with Crippen LogP contribution in [-0.4, -0.2) is 34.5 Å². The summed E-state index contributed by atoms with van der Waals surface area (Å²) in [5.74, 6) is 0.477. The number of H-pyrrole nitrogens is 1. The maximum absolute atomic E-state index is 14.4. The molecule has 1 aromatic carbocycles. The smallest absolute Gasteiger partial charge is 0.252 e. The number of hydrogen-bond donors (Lipinski definition) is 2.